The highest BCUT2D eigenvalue weighted by Crippen LogP contribution is 2.53. The Morgan fingerprint density at radius 1 is 1.33 bits per heavy atom. The minimum atomic E-state index is -4.64. The van der Waals surface area contributed by atoms with Crippen LogP contribution in [0.4, 0.5) is 13.2 Å². The van der Waals surface area contributed by atoms with Crippen LogP contribution in [0.2, 0.25) is 0 Å². The van der Waals surface area contributed by atoms with Crippen LogP contribution in [0.15, 0.2) is 24.5 Å². The Kier molecular flexibility index (Phi) is 2.22. The highest BCUT2D eigenvalue weighted by Gasteiger charge is 2.62. The van der Waals surface area contributed by atoms with Crippen LogP contribution in [0.5, 0.6) is 0 Å². The second-order valence-electron chi connectivity index (χ2n) is 3.78. The Hall–Kier alpha value is -1.10. The predicted molar refractivity (Wildman–Crippen MR) is 46.9 cm³/mol. The van der Waals surface area contributed by atoms with Crippen LogP contribution in [0.3, 0.4) is 0 Å². The lowest BCUT2D eigenvalue weighted by Crippen LogP contribution is -2.44. The fourth-order valence-corrected chi connectivity index (χ4v) is 1.72. The zero-order valence-corrected chi connectivity index (χ0v) is 7.83. The molecule has 0 amide bonds. The summed E-state index contributed by atoms with van der Waals surface area (Å²) in [6.45, 7) is 0. The largest absolute Gasteiger partial charge is 0.421 e. The molecule has 2 nitrogen and oxygen atoms in total. The summed E-state index contributed by atoms with van der Waals surface area (Å²) in [7, 11) is 0. The molecule has 1 atom stereocenters. The third-order valence-corrected chi connectivity index (χ3v) is 2.70. The molecule has 0 aliphatic heterocycles. The molecule has 1 heterocycles. The van der Waals surface area contributed by atoms with Gasteiger partial charge in [0.1, 0.15) is 0 Å². The van der Waals surface area contributed by atoms with Crippen LogP contribution in [-0.4, -0.2) is 16.3 Å². The van der Waals surface area contributed by atoms with E-state index in [9.17, 15) is 18.3 Å². The van der Waals surface area contributed by atoms with E-state index < -0.39 is 17.7 Å². The molecule has 1 unspecified atom stereocenters. The van der Waals surface area contributed by atoms with Gasteiger partial charge in [0.05, 0.1) is 0 Å². The van der Waals surface area contributed by atoms with E-state index >= 15 is 0 Å². The van der Waals surface area contributed by atoms with Gasteiger partial charge in [-0.25, -0.2) is 0 Å². The molecular formula is C10H10F3NO. The maximum Gasteiger partial charge on any atom is 0.421 e. The molecule has 1 N–H and O–H groups in total. The number of nitrogens with zero attached hydrogens (tertiary/aromatic N) is 1. The Bertz CT molecular complexity index is 347. The number of pyridine rings is 1. The van der Waals surface area contributed by atoms with Crippen LogP contribution < -0.4 is 0 Å². The van der Waals surface area contributed by atoms with Crippen LogP contribution in [0.1, 0.15) is 18.4 Å². The van der Waals surface area contributed by atoms with Crippen LogP contribution >= 0.6 is 0 Å². The molecule has 15 heavy (non-hydrogen) atoms. The first-order valence-corrected chi connectivity index (χ1v) is 4.66. The molecule has 0 spiro atoms. The van der Waals surface area contributed by atoms with E-state index in [-0.39, 0.29) is 5.56 Å². The van der Waals surface area contributed by atoms with Crippen LogP contribution in [0, 0.1) is 5.92 Å². The van der Waals surface area contributed by atoms with Crippen molar-refractivity contribution in [3.8, 4) is 0 Å². The summed E-state index contributed by atoms with van der Waals surface area (Å²) in [5.74, 6) is -0.721. The molecule has 0 radical (unpaired) electrons. The summed E-state index contributed by atoms with van der Waals surface area (Å²) in [6.07, 6.45) is -1.37. The molecule has 1 aliphatic carbocycles. The van der Waals surface area contributed by atoms with Gasteiger partial charge in [0, 0.05) is 23.9 Å². The monoisotopic (exact) mass is 217 g/mol. The van der Waals surface area contributed by atoms with E-state index in [1.807, 2.05) is 0 Å². The second kappa shape index (κ2) is 3.20. The second-order valence-corrected chi connectivity index (χ2v) is 3.78. The van der Waals surface area contributed by atoms with Crippen molar-refractivity contribution in [1.29, 1.82) is 0 Å². The van der Waals surface area contributed by atoms with E-state index in [0.717, 1.165) is 6.20 Å². The van der Waals surface area contributed by atoms with Gasteiger partial charge in [-0.2, -0.15) is 13.2 Å². The van der Waals surface area contributed by atoms with E-state index in [0.29, 0.717) is 12.8 Å². The molecule has 5 heteroatoms. The predicted octanol–water partition coefficient (Wildman–Crippen LogP) is 2.24. The quantitative estimate of drug-likeness (QED) is 0.824. The average Bonchev–Trinajstić information content (AvgIpc) is 2.99. The van der Waals surface area contributed by atoms with E-state index in [2.05, 4.69) is 4.98 Å². The molecule has 2 rings (SSSR count). The summed E-state index contributed by atoms with van der Waals surface area (Å²) < 4.78 is 38.4. The SMILES string of the molecule is OC(c1cccnc1)(C1CC1)C(F)(F)F. The van der Waals surface area contributed by atoms with Gasteiger partial charge in [-0.1, -0.05) is 6.07 Å². The highest BCUT2D eigenvalue weighted by atomic mass is 19.4. The molecule has 0 aromatic carbocycles. The zero-order chi connectivity index (χ0) is 11.1. The Morgan fingerprint density at radius 3 is 2.40 bits per heavy atom. The number of alkyl halides is 3. The number of hydrogen-bond acceptors (Lipinski definition) is 2. The smallest absolute Gasteiger partial charge is 0.376 e. The van der Waals surface area contributed by atoms with E-state index in [4.69, 9.17) is 0 Å². The van der Waals surface area contributed by atoms with Gasteiger partial charge < -0.3 is 5.11 Å². The third kappa shape index (κ3) is 1.61. The average molecular weight is 217 g/mol. The van der Waals surface area contributed by atoms with Gasteiger partial charge in [-0.05, 0) is 18.9 Å². The first kappa shape index (κ1) is 10.4. The van der Waals surface area contributed by atoms with Gasteiger partial charge in [-0.15, -0.1) is 0 Å². The summed E-state index contributed by atoms with van der Waals surface area (Å²) in [4.78, 5) is 3.61. The van der Waals surface area contributed by atoms with Gasteiger partial charge in [-0.3, -0.25) is 4.98 Å². The molecule has 82 valence electrons. The Morgan fingerprint density at radius 2 is 2.00 bits per heavy atom. The van der Waals surface area contributed by atoms with Crippen LogP contribution in [-0.2, 0) is 5.60 Å². The van der Waals surface area contributed by atoms with Crippen molar-refractivity contribution in [2.24, 2.45) is 5.92 Å². The van der Waals surface area contributed by atoms with E-state index in [1.165, 1.54) is 18.3 Å². The summed E-state index contributed by atoms with van der Waals surface area (Å²) in [6, 6.07) is 2.66. The summed E-state index contributed by atoms with van der Waals surface area (Å²) in [5.41, 5.74) is -2.89. The van der Waals surface area contributed by atoms with Crippen LogP contribution in [0.25, 0.3) is 0 Å². The van der Waals surface area contributed by atoms with Crippen molar-refractivity contribution in [1.82, 2.24) is 4.98 Å². The van der Waals surface area contributed by atoms with Gasteiger partial charge in [0.15, 0.2) is 5.60 Å². The first-order valence-electron chi connectivity index (χ1n) is 4.66. The summed E-state index contributed by atoms with van der Waals surface area (Å²) in [5, 5.41) is 9.79. The van der Waals surface area contributed by atoms with Crippen molar-refractivity contribution in [2.75, 3.05) is 0 Å². The van der Waals surface area contributed by atoms with Gasteiger partial charge in [0.2, 0.25) is 0 Å². The molecule has 1 aromatic heterocycles. The highest BCUT2D eigenvalue weighted by molar-refractivity contribution is 5.23. The minimum Gasteiger partial charge on any atom is -0.376 e. The first-order chi connectivity index (χ1) is 6.96. The molecule has 0 saturated heterocycles. The standard InChI is InChI=1S/C10H10F3NO/c11-10(12,13)9(15,7-3-4-7)8-2-1-5-14-6-8/h1-2,5-7,15H,3-4H2. The maximum atomic E-state index is 12.8. The van der Waals surface area contributed by atoms with Crippen molar-refractivity contribution in [3.05, 3.63) is 30.1 Å². The lowest BCUT2D eigenvalue weighted by molar-refractivity contribution is -0.275. The number of halogens is 3. The number of aliphatic hydroxyl groups is 1. The molecular weight excluding hydrogens is 207 g/mol. The minimum absolute atomic E-state index is 0.167. The fourth-order valence-electron chi connectivity index (χ4n) is 1.72. The number of hydrogen-bond donors (Lipinski definition) is 1. The Balaban J connectivity index is 2.44. The lowest BCUT2D eigenvalue weighted by atomic mass is 9.89. The third-order valence-electron chi connectivity index (χ3n) is 2.70. The molecule has 0 bridgehead atoms. The van der Waals surface area contributed by atoms with Crippen molar-refractivity contribution in [2.45, 2.75) is 24.6 Å². The Labute approximate surface area is 84.8 Å². The normalized spacial score (nSPS) is 21.1. The van der Waals surface area contributed by atoms with E-state index in [1.54, 1.807) is 0 Å². The van der Waals surface area contributed by atoms with Gasteiger partial charge >= 0.3 is 6.18 Å². The maximum absolute atomic E-state index is 12.8. The lowest BCUT2D eigenvalue weighted by Gasteiger charge is -2.30. The molecule has 1 aliphatic rings. The number of aromatic nitrogens is 1. The fraction of sp³-hybridized carbons (Fsp3) is 0.500. The summed E-state index contributed by atoms with van der Waals surface area (Å²) >= 11 is 0. The van der Waals surface area contributed by atoms with Crippen molar-refractivity contribution in [3.63, 3.8) is 0 Å². The zero-order valence-electron chi connectivity index (χ0n) is 7.83. The van der Waals surface area contributed by atoms with Gasteiger partial charge in [0.25, 0.3) is 0 Å². The molecule has 1 aromatic rings. The van der Waals surface area contributed by atoms with Crippen molar-refractivity contribution >= 4 is 0 Å². The topological polar surface area (TPSA) is 33.1 Å². The molecule has 1 saturated carbocycles. The van der Waals surface area contributed by atoms with Crippen molar-refractivity contribution < 1.29 is 18.3 Å². The molecule has 1 fully saturated rings. The number of rotatable bonds is 2.